The zero-order chi connectivity index (χ0) is 39.0. The van der Waals surface area contributed by atoms with Crippen molar-refractivity contribution in [1.82, 2.24) is 9.80 Å². The summed E-state index contributed by atoms with van der Waals surface area (Å²) in [5.74, 6) is -0.524. The van der Waals surface area contributed by atoms with Gasteiger partial charge in [0, 0.05) is 77.8 Å². The minimum atomic E-state index is -4.15. The first-order chi connectivity index (χ1) is 26.4. The molecule has 1 heterocycles. The first-order valence-corrected chi connectivity index (χ1v) is 21.2. The molecule has 1 aliphatic heterocycles. The Bertz CT molecular complexity index is 2190. The molecular formula is C43H45ClN4O5S2. The van der Waals surface area contributed by atoms with E-state index in [1.807, 2.05) is 85.7 Å². The summed E-state index contributed by atoms with van der Waals surface area (Å²) in [6.45, 7) is 4.87. The predicted molar refractivity (Wildman–Crippen MR) is 223 cm³/mol. The van der Waals surface area contributed by atoms with E-state index in [4.69, 9.17) is 11.6 Å². The predicted octanol–water partition coefficient (Wildman–Crippen LogP) is 8.41. The Morgan fingerprint density at radius 2 is 1.53 bits per heavy atom. The molecule has 12 heteroatoms. The maximum Gasteiger partial charge on any atom is 0.273 e. The summed E-state index contributed by atoms with van der Waals surface area (Å²) < 4.78 is 26.9. The van der Waals surface area contributed by atoms with Gasteiger partial charge in [-0.15, -0.1) is 11.8 Å². The van der Waals surface area contributed by atoms with Crippen molar-refractivity contribution < 1.29 is 18.1 Å². The molecule has 0 aromatic heterocycles. The Morgan fingerprint density at radius 1 is 0.855 bits per heavy atom. The van der Waals surface area contributed by atoms with Gasteiger partial charge < -0.3 is 9.80 Å². The van der Waals surface area contributed by atoms with Crippen LogP contribution in [0.1, 0.15) is 21.5 Å². The van der Waals surface area contributed by atoms with Gasteiger partial charge in [-0.1, -0.05) is 72.3 Å². The molecule has 0 amide bonds. The number of piperazine rings is 1. The molecule has 6 rings (SSSR count). The third kappa shape index (κ3) is 10.8. The lowest BCUT2D eigenvalue weighted by Gasteiger charge is -2.36. The normalized spacial score (nSPS) is 14.2. The third-order valence-electron chi connectivity index (χ3n) is 9.79. The summed E-state index contributed by atoms with van der Waals surface area (Å²) in [6, 6.07) is 37.3. The Hall–Kier alpha value is -4.52. The summed E-state index contributed by atoms with van der Waals surface area (Å²) in [4.78, 5) is 32.5. The van der Waals surface area contributed by atoms with Gasteiger partial charge in [0.25, 0.3) is 5.69 Å². The van der Waals surface area contributed by atoms with E-state index in [9.17, 15) is 23.3 Å². The smallest absolute Gasteiger partial charge is 0.273 e. The number of ketones is 1. The molecule has 0 bridgehead atoms. The summed E-state index contributed by atoms with van der Waals surface area (Å²) in [7, 11) is -0.227. The molecule has 0 N–H and O–H groups in total. The van der Waals surface area contributed by atoms with E-state index in [2.05, 4.69) is 34.1 Å². The topological polar surface area (TPSA) is 104 Å². The maximum absolute atomic E-state index is 13.4. The second kappa shape index (κ2) is 18.4. The maximum atomic E-state index is 13.4. The highest BCUT2D eigenvalue weighted by Gasteiger charge is 2.27. The standard InChI is InChI=1S/C43H45ClN4O5S2/c1-45(2)28-32(30-54-39-9-4-3-5-10-39)26-35-16-21-40(27-42(35)48(50)51)55(52,53)31-43(49)34-14-19-38(20-15-34)47-24-22-46(23-25-47)29-36-8-6-7-11-41(36)33-12-17-37(44)18-13-33/h3-21,27,32H,22-26,28-31H2,1-2H3/t32-/m1/s1. The van der Waals surface area contributed by atoms with Gasteiger partial charge in [0.1, 0.15) is 5.75 Å². The number of carbonyl (C=O) groups excluding carboxylic acids is 1. The Morgan fingerprint density at radius 3 is 2.20 bits per heavy atom. The van der Waals surface area contributed by atoms with Crippen LogP contribution in [0, 0.1) is 16.0 Å². The highest BCUT2D eigenvalue weighted by Crippen LogP contribution is 2.30. The molecule has 5 aromatic carbocycles. The van der Waals surface area contributed by atoms with Gasteiger partial charge >= 0.3 is 0 Å². The van der Waals surface area contributed by atoms with Gasteiger partial charge in [-0.2, -0.15) is 0 Å². The average molecular weight is 797 g/mol. The number of thioether (sulfide) groups is 1. The van der Waals surface area contributed by atoms with Crippen molar-refractivity contribution in [2.45, 2.75) is 22.8 Å². The number of hydrogen-bond acceptors (Lipinski definition) is 9. The van der Waals surface area contributed by atoms with Crippen LogP contribution in [0.25, 0.3) is 11.1 Å². The van der Waals surface area contributed by atoms with Crippen molar-refractivity contribution in [1.29, 1.82) is 0 Å². The van der Waals surface area contributed by atoms with Crippen molar-refractivity contribution in [3.8, 4) is 11.1 Å². The van der Waals surface area contributed by atoms with Crippen molar-refractivity contribution >= 4 is 50.4 Å². The summed E-state index contributed by atoms with van der Waals surface area (Å²) in [6.07, 6.45) is 0.410. The summed E-state index contributed by atoms with van der Waals surface area (Å²) >= 11 is 7.80. The number of hydrogen-bond donors (Lipinski definition) is 0. The highest BCUT2D eigenvalue weighted by molar-refractivity contribution is 7.99. The van der Waals surface area contributed by atoms with Gasteiger partial charge in [-0.05, 0) is 97.7 Å². The molecule has 0 saturated carbocycles. The summed E-state index contributed by atoms with van der Waals surface area (Å²) in [5, 5.41) is 12.9. The van der Waals surface area contributed by atoms with E-state index in [1.165, 1.54) is 23.3 Å². The van der Waals surface area contributed by atoms with E-state index in [1.54, 1.807) is 23.9 Å². The molecule has 9 nitrogen and oxygen atoms in total. The van der Waals surface area contributed by atoms with Crippen molar-refractivity contribution in [2.24, 2.45) is 5.92 Å². The molecular weight excluding hydrogens is 752 g/mol. The van der Waals surface area contributed by atoms with Crippen molar-refractivity contribution in [3.05, 3.63) is 153 Å². The zero-order valence-corrected chi connectivity index (χ0v) is 33.4. The van der Waals surface area contributed by atoms with Crippen LogP contribution in [0.2, 0.25) is 5.02 Å². The first-order valence-electron chi connectivity index (χ1n) is 18.2. The molecule has 0 radical (unpaired) electrons. The second-order valence-corrected chi connectivity index (χ2v) is 17.7. The van der Waals surface area contributed by atoms with Gasteiger partial charge in [0.05, 0.1) is 9.82 Å². The SMILES string of the molecule is CN(C)C[C@H](CSc1ccccc1)Cc1ccc(S(=O)(=O)CC(=O)c2ccc(N3CCN(Cc4ccccc4-c4ccc(Cl)cc4)CC3)cc2)cc1[N+](=O)[O-]. The molecule has 0 spiro atoms. The second-order valence-electron chi connectivity index (χ2n) is 14.2. The fourth-order valence-electron chi connectivity index (χ4n) is 6.99. The number of sulfone groups is 1. The van der Waals surface area contributed by atoms with Crippen LogP contribution in [-0.4, -0.2) is 87.2 Å². The first kappa shape index (κ1) is 40.2. The molecule has 1 saturated heterocycles. The highest BCUT2D eigenvalue weighted by atomic mass is 35.5. The summed E-state index contributed by atoms with van der Waals surface area (Å²) in [5.41, 5.74) is 5.03. The van der Waals surface area contributed by atoms with E-state index in [0.29, 0.717) is 23.6 Å². The zero-order valence-electron chi connectivity index (χ0n) is 31.0. The Labute approximate surface area is 333 Å². The molecule has 1 fully saturated rings. The minimum Gasteiger partial charge on any atom is -0.369 e. The van der Waals surface area contributed by atoms with Crippen LogP contribution in [0.5, 0.6) is 0 Å². The lowest BCUT2D eigenvalue weighted by atomic mass is 9.99. The van der Waals surface area contributed by atoms with Crippen molar-refractivity contribution in [3.63, 3.8) is 0 Å². The van der Waals surface area contributed by atoms with E-state index in [-0.39, 0.29) is 22.1 Å². The Kier molecular flexibility index (Phi) is 13.4. The van der Waals surface area contributed by atoms with Crippen LogP contribution in [0.15, 0.2) is 131 Å². The molecule has 55 heavy (non-hydrogen) atoms. The van der Waals surface area contributed by atoms with Crippen molar-refractivity contribution in [2.75, 3.05) is 63.2 Å². The number of Topliss-reactive ketones (excluding diaryl/α,β-unsaturated/α-hetero) is 1. The van der Waals surface area contributed by atoms with Gasteiger partial charge in [0.2, 0.25) is 0 Å². The van der Waals surface area contributed by atoms with Crippen LogP contribution in [0.4, 0.5) is 11.4 Å². The molecule has 1 atom stereocenters. The molecule has 0 aliphatic carbocycles. The largest absolute Gasteiger partial charge is 0.369 e. The van der Waals surface area contributed by atoms with E-state index >= 15 is 0 Å². The van der Waals surface area contributed by atoms with E-state index in [0.717, 1.165) is 60.7 Å². The molecule has 0 unspecified atom stereocenters. The lowest BCUT2D eigenvalue weighted by Crippen LogP contribution is -2.46. The number of nitrogens with zero attached hydrogens (tertiary/aromatic N) is 4. The number of anilines is 1. The van der Waals surface area contributed by atoms with Crippen LogP contribution >= 0.6 is 23.4 Å². The quantitative estimate of drug-likeness (QED) is 0.0422. The number of benzene rings is 5. The number of carbonyl (C=O) groups is 1. The average Bonchev–Trinajstić information content (AvgIpc) is 3.18. The lowest BCUT2D eigenvalue weighted by molar-refractivity contribution is -0.385. The van der Waals surface area contributed by atoms with Gasteiger partial charge in [-0.3, -0.25) is 19.8 Å². The molecule has 286 valence electrons. The third-order valence-corrected chi connectivity index (χ3v) is 12.9. The number of nitro groups is 1. The van der Waals surface area contributed by atoms with Crippen LogP contribution in [-0.2, 0) is 22.8 Å². The number of halogens is 1. The molecule has 5 aromatic rings. The number of nitro benzene ring substituents is 1. The molecule has 1 aliphatic rings. The fourth-order valence-corrected chi connectivity index (χ4v) is 9.36. The van der Waals surface area contributed by atoms with Crippen LogP contribution in [0.3, 0.4) is 0 Å². The fraction of sp³-hybridized carbons (Fsp3) is 0.279. The van der Waals surface area contributed by atoms with E-state index < -0.39 is 26.3 Å². The monoisotopic (exact) mass is 796 g/mol. The Balaban J connectivity index is 1.06. The van der Waals surface area contributed by atoms with Gasteiger partial charge in [-0.25, -0.2) is 8.42 Å². The minimum absolute atomic E-state index is 0.0815. The number of rotatable bonds is 16. The van der Waals surface area contributed by atoms with Crippen LogP contribution < -0.4 is 4.90 Å². The van der Waals surface area contributed by atoms with Gasteiger partial charge in [0.15, 0.2) is 15.6 Å².